The zero-order valence-electron chi connectivity index (χ0n) is 11.7. The molecular formula is C15H22O4. The standard InChI is InChI=1S/C15H22O4/c1-8-4-11-13(2,6-9(8)16)14(3)10(17)5-12(19-11)15(14)7-18-15/h4,9-12,16-17H,5-7H2,1-3H3/t9-,10+,11+,12+,13-,14+,15?/m0/s1. The van der Waals surface area contributed by atoms with Gasteiger partial charge in [-0.1, -0.05) is 19.9 Å². The molecule has 2 aliphatic heterocycles. The number of aliphatic hydroxyl groups is 2. The minimum Gasteiger partial charge on any atom is -0.392 e. The number of aliphatic hydroxyl groups excluding tert-OH is 2. The molecule has 4 nitrogen and oxygen atoms in total. The molecule has 4 aliphatic rings. The van der Waals surface area contributed by atoms with Gasteiger partial charge in [0.15, 0.2) is 0 Å². The Bertz CT molecular complexity index is 469. The molecule has 0 aromatic carbocycles. The van der Waals surface area contributed by atoms with Crippen molar-refractivity contribution in [3.05, 3.63) is 11.6 Å². The van der Waals surface area contributed by atoms with Crippen molar-refractivity contribution in [1.29, 1.82) is 0 Å². The summed E-state index contributed by atoms with van der Waals surface area (Å²) in [6.45, 7) is 6.89. The van der Waals surface area contributed by atoms with Crippen LogP contribution in [0.25, 0.3) is 0 Å². The highest BCUT2D eigenvalue weighted by Crippen LogP contribution is 2.71. The average Bonchev–Trinajstić information content (AvgIpc) is 3.10. The molecule has 2 bridgehead atoms. The van der Waals surface area contributed by atoms with Crippen LogP contribution in [0.2, 0.25) is 0 Å². The summed E-state index contributed by atoms with van der Waals surface area (Å²) in [6.07, 6.45) is 2.42. The van der Waals surface area contributed by atoms with Crippen LogP contribution in [0.3, 0.4) is 0 Å². The lowest BCUT2D eigenvalue weighted by molar-refractivity contribution is -0.212. The van der Waals surface area contributed by atoms with Crippen molar-refractivity contribution in [1.82, 2.24) is 0 Å². The molecule has 1 spiro atoms. The summed E-state index contributed by atoms with van der Waals surface area (Å²) in [5.41, 5.74) is 0.0319. The van der Waals surface area contributed by atoms with Crippen LogP contribution in [0.4, 0.5) is 0 Å². The van der Waals surface area contributed by atoms with Gasteiger partial charge in [-0.3, -0.25) is 0 Å². The van der Waals surface area contributed by atoms with Gasteiger partial charge in [-0.05, 0) is 18.9 Å². The molecule has 0 radical (unpaired) electrons. The Morgan fingerprint density at radius 3 is 2.63 bits per heavy atom. The second-order valence-electron chi connectivity index (χ2n) is 7.23. The van der Waals surface area contributed by atoms with Gasteiger partial charge in [0, 0.05) is 17.3 Å². The molecular weight excluding hydrogens is 244 g/mol. The minimum atomic E-state index is -0.443. The van der Waals surface area contributed by atoms with E-state index in [0.29, 0.717) is 19.4 Å². The van der Waals surface area contributed by atoms with Crippen LogP contribution in [-0.2, 0) is 9.47 Å². The van der Waals surface area contributed by atoms with E-state index >= 15 is 0 Å². The lowest BCUT2D eigenvalue weighted by Crippen LogP contribution is -2.64. The largest absolute Gasteiger partial charge is 0.392 e. The van der Waals surface area contributed by atoms with E-state index in [0.717, 1.165) is 5.57 Å². The van der Waals surface area contributed by atoms with Crippen molar-refractivity contribution in [3.8, 4) is 0 Å². The van der Waals surface area contributed by atoms with Gasteiger partial charge in [-0.15, -0.1) is 0 Å². The lowest BCUT2D eigenvalue weighted by Gasteiger charge is -2.57. The molecule has 4 heteroatoms. The molecule has 19 heavy (non-hydrogen) atoms. The van der Waals surface area contributed by atoms with Crippen molar-refractivity contribution in [2.24, 2.45) is 10.8 Å². The third-order valence-electron chi connectivity index (χ3n) is 6.64. The van der Waals surface area contributed by atoms with Crippen LogP contribution in [-0.4, -0.2) is 46.8 Å². The summed E-state index contributed by atoms with van der Waals surface area (Å²) in [5.74, 6) is 0. The van der Waals surface area contributed by atoms with Gasteiger partial charge < -0.3 is 19.7 Å². The Kier molecular flexibility index (Phi) is 2.11. The molecule has 2 heterocycles. The van der Waals surface area contributed by atoms with Crippen molar-refractivity contribution in [2.45, 2.75) is 63.6 Å². The number of rotatable bonds is 0. The predicted octanol–water partition coefficient (Wildman–Crippen LogP) is 1.01. The lowest BCUT2D eigenvalue weighted by atomic mass is 9.51. The maximum atomic E-state index is 10.6. The van der Waals surface area contributed by atoms with Gasteiger partial charge in [-0.2, -0.15) is 0 Å². The highest BCUT2D eigenvalue weighted by atomic mass is 16.6. The Balaban J connectivity index is 1.88. The Labute approximate surface area is 113 Å². The third kappa shape index (κ3) is 1.13. The smallest absolute Gasteiger partial charge is 0.126 e. The molecule has 2 saturated heterocycles. The first kappa shape index (κ1) is 12.3. The van der Waals surface area contributed by atoms with Crippen molar-refractivity contribution in [2.75, 3.05) is 6.61 Å². The van der Waals surface area contributed by atoms with E-state index < -0.39 is 12.2 Å². The van der Waals surface area contributed by atoms with E-state index in [1.165, 1.54) is 0 Å². The number of ether oxygens (including phenoxy) is 2. The quantitative estimate of drug-likeness (QED) is 0.507. The summed E-state index contributed by atoms with van der Waals surface area (Å²) in [6, 6.07) is 0. The Morgan fingerprint density at radius 2 is 2.00 bits per heavy atom. The maximum Gasteiger partial charge on any atom is 0.126 e. The van der Waals surface area contributed by atoms with Crippen LogP contribution < -0.4 is 0 Å². The zero-order valence-corrected chi connectivity index (χ0v) is 11.7. The summed E-state index contributed by atoms with van der Waals surface area (Å²) >= 11 is 0. The summed E-state index contributed by atoms with van der Waals surface area (Å²) in [4.78, 5) is 0. The molecule has 1 saturated carbocycles. The van der Waals surface area contributed by atoms with Gasteiger partial charge in [0.2, 0.25) is 0 Å². The molecule has 106 valence electrons. The van der Waals surface area contributed by atoms with Gasteiger partial charge in [0.1, 0.15) is 5.60 Å². The van der Waals surface area contributed by atoms with Crippen LogP contribution in [0, 0.1) is 10.8 Å². The highest BCUT2D eigenvalue weighted by Gasteiger charge is 2.80. The first-order chi connectivity index (χ1) is 8.85. The second kappa shape index (κ2) is 3.25. The zero-order chi connectivity index (χ0) is 13.6. The van der Waals surface area contributed by atoms with E-state index in [4.69, 9.17) is 9.47 Å². The molecule has 7 atom stereocenters. The summed E-state index contributed by atoms with van der Waals surface area (Å²) in [7, 11) is 0. The van der Waals surface area contributed by atoms with Gasteiger partial charge in [0.05, 0.1) is 31.0 Å². The normalized spacial score (nSPS) is 62.9. The van der Waals surface area contributed by atoms with Crippen LogP contribution >= 0.6 is 0 Å². The summed E-state index contributed by atoms with van der Waals surface area (Å²) < 4.78 is 12.0. The van der Waals surface area contributed by atoms with Crippen LogP contribution in [0.15, 0.2) is 11.6 Å². The predicted molar refractivity (Wildman–Crippen MR) is 68.6 cm³/mol. The summed E-state index contributed by atoms with van der Waals surface area (Å²) in [5, 5.41) is 20.9. The highest BCUT2D eigenvalue weighted by molar-refractivity contribution is 5.32. The SMILES string of the molecule is CC1=C[C@H]2O[C@@H]3C[C@@H](O)[C@@](C)(C34CO4)[C@@]2(C)C[C@@H]1O. The first-order valence-corrected chi connectivity index (χ1v) is 7.19. The van der Waals surface area contributed by atoms with Crippen LogP contribution in [0.1, 0.15) is 33.6 Å². The molecule has 1 unspecified atom stereocenters. The first-order valence-electron chi connectivity index (χ1n) is 7.19. The molecule has 4 rings (SSSR count). The molecule has 2 aliphatic carbocycles. The van der Waals surface area contributed by atoms with E-state index in [1.807, 2.05) is 13.0 Å². The van der Waals surface area contributed by atoms with Crippen molar-refractivity contribution in [3.63, 3.8) is 0 Å². The van der Waals surface area contributed by atoms with E-state index in [9.17, 15) is 10.2 Å². The van der Waals surface area contributed by atoms with Crippen LogP contribution in [0.5, 0.6) is 0 Å². The number of hydrogen-bond acceptors (Lipinski definition) is 4. The second-order valence-corrected chi connectivity index (χ2v) is 7.23. The fourth-order valence-corrected chi connectivity index (χ4v) is 4.92. The third-order valence-corrected chi connectivity index (χ3v) is 6.64. The molecule has 2 N–H and O–H groups in total. The topological polar surface area (TPSA) is 62.2 Å². The Hall–Kier alpha value is -0.420. The number of hydrogen-bond donors (Lipinski definition) is 2. The van der Waals surface area contributed by atoms with Crippen molar-refractivity contribution >= 4 is 0 Å². The van der Waals surface area contributed by atoms with E-state index in [1.54, 1.807) is 0 Å². The fourth-order valence-electron chi connectivity index (χ4n) is 4.92. The molecule has 0 amide bonds. The molecule has 0 aromatic rings. The van der Waals surface area contributed by atoms with E-state index in [2.05, 4.69) is 13.8 Å². The fraction of sp³-hybridized carbons (Fsp3) is 0.867. The monoisotopic (exact) mass is 266 g/mol. The number of fused-ring (bicyclic) bond motifs is 2. The average molecular weight is 266 g/mol. The van der Waals surface area contributed by atoms with E-state index in [-0.39, 0.29) is 28.6 Å². The molecule has 3 fully saturated rings. The van der Waals surface area contributed by atoms with Crippen molar-refractivity contribution < 1.29 is 19.7 Å². The van der Waals surface area contributed by atoms with Gasteiger partial charge >= 0.3 is 0 Å². The molecule has 0 aromatic heterocycles. The Morgan fingerprint density at radius 1 is 1.32 bits per heavy atom. The van der Waals surface area contributed by atoms with Gasteiger partial charge in [0.25, 0.3) is 0 Å². The minimum absolute atomic E-state index is 0.00938. The van der Waals surface area contributed by atoms with Gasteiger partial charge in [-0.25, -0.2) is 0 Å². The maximum absolute atomic E-state index is 10.6. The number of epoxide rings is 1.